The molecule has 0 aliphatic carbocycles. The number of hydrogen-bond donors (Lipinski definition) is 1. The van der Waals surface area contributed by atoms with E-state index in [1.165, 1.54) is 11.1 Å². The van der Waals surface area contributed by atoms with E-state index < -0.39 is 0 Å². The second-order valence-corrected chi connectivity index (χ2v) is 5.17. The molecular formula is C16H18ClN. The van der Waals surface area contributed by atoms with Crippen molar-refractivity contribution in [2.45, 2.75) is 26.8 Å². The van der Waals surface area contributed by atoms with Gasteiger partial charge in [0.25, 0.3) is 0 Å². The van der Waals surface area contributed by atoms with Crippen molar-refractivity contribution in [1.29, 1.82) is 0 Å². The first kappa shape index (κ1) is 13.0. The van der Waals surface area contributed by atoms with Crippen LogP contribution in [0.1, 0.15) is 29.7 Å². The summed E-state index contributed by atoms with van der Waals surface area (Å²) in [5, 5.41) is 4.30. The van der Waals surface area contributed by atoms with Crippen LogP contribution in [0, 0.1) is 13.8 Å². The second-order valence-electron chi connectivity index (χ2n) is 4.76. The number of halogens is 1. The van der Waals surface area contributed by atoms with Gasteiger partial charge in [-0.1, -0.05) is 35.9 Å². The van der Waals surface area contributed by atoms with Crippen molar-refractivity contribution < 1.29 is 0 Å². The lowest BCUT2D eigenvalue weighted by Gasteiger charge is -2.17. The highest BCUT2D eigenvalue weighted by molar-refractivity contribution is 6.31. The molecule has 0 amide bonds. The number of nitrogens with one attached hydrogen (secondary N) is 1. The van der Waals surface area contributed by atoms with Gasteiger partial charge in [-0.2, -0.15) is 0 Å². The summed E-state index contributed by atoms with van der Waals surface area (Å²) in [5.41, 5.74) is 4.80. The Morgan fingerprint density at radius 2 is 1.61 bits per heavy atom. The molecule has 2 aromatic rings. The summed E-state index contributed by atoms with van der Waals surface area (Å²) in [6, 6.07) is 14.6. The van der Waals surface area contributed by atoms with Crippen molar-refractivity contribution in [2.75, 3.05) is 5.32 Å². The van der Waals surface area contributed by atoms with Crippen LogP contribution < -0.4 is 5.32 Å². The Kier molecular flexibility index (Phi) is 3.93. The molecule has 0 saturated heterocycles. The quantitative estimate of drug-likeness (QED) is 0.806. The number of benzene rings is 2. The molecule has 0 aliphatic rings. The summed E-state index contributed by atoms with van der Waals surface area (Å²) in [4.78, 5) is 0. The lowest BCUT2D eigenvalue weighted by Crippen LogP contribution is -2.07. The molecule has 2 aromatic carbocycles. The first-order chi connectivity index (χ1) is 8.56. The topological polar surface area (TPSA) is 12.0 Å². The van der Waals surface area contributed by atoms with Crippen LogP contribution in [-0.2, 0) is 0 Å². The van der Waals surface area contributed by atoms with Gasteiger partial charge in [0.15, 0.2) is 0 Å². The molecule has 2 heteroatoms. The monoisotopic (exact) mass is 259 g/mol. The highest BCUT2D eigenvalue weighted by Gasteiger charge is 2.08. The highest BCUT2D eigenvalue weighted by Crippen LogP contribution is 2.26. The molecule has 0 heterocycles. The fourth-order valence-electron chi connectivity index (χ4n) is 2.21. The minimum atomic E-state index is 0.194. The average molecular weight is 260 g/mol. The van der Waals surface area contributed by atoms with Crippen molar-refractivity contribution in [1.82, 2.24) is 0 Å². The third-order valence-corrected chi connectivity index (χ3v) is 3.32. The summed E-state index contributed by atoms with van der Waals surface area (Å²) in [5.74, 6) is 0. The lowest BCUT2D eigenvalue weighted by atomic mass is 10.1. The first-order valence-corrected chi connectivity index (χ1v) is 6.53. The van der Waals surface area contributed by atoms with E-state index in [9.17, 15) is 0 Å². The summed E-state index contributed by atoms with van der Waals surface area (Å²) in [6.45, 7) is 6.34. The maximum absolute atomic E-state index is 6.21. The zero-order chi connectivity index (χ0) is 13.1. The molecule has 0 fully saturated rings. The smallest absolute Gasteiger partial charge is 0.0500 e. The number of hydrogen-bond acceptors (Lipinski definition) is 1. The fraction of sp³-hybridized carbons (Fsp3) is 0.250. The van der Waals surface area contributed by atoms with Crippen LogP contribution in [0.3, 0.4) is 0 Å². The Labute approximate surface area is 114 Å². The van der Waals surface area contributed by atoms with E-state index in [4.69, 9.17) is 11.6 Å². The largest absolute Gasteiger partial charge is 0.378 e. The summed E-state index contributed by atoms with van der Waals surface area (Å²) in [7, 11) is 0. The van der Waals surface area contributed by atoms with Crippen molar-refractivity contribution in [3.63, 3.8) is 0 Å². The standard InChI is InChI=1S/C16H18ClN/c1-11-8-12(2)10-14(9-11)18-13(3)15-6-4-5-7-16(15)17/h4-10,13,18H,1-3H3. The van der Waals surface area contributed by atoms with Gasteiger partial charge in [0, 0.05) is 16.8 Å². The SMILES string of the molecule is Cc1cc(C)cc(NC(C)c2ccccc2Cl)c1. The van der Waals surface area contributed by atoms with Gasteiger partial charge in [0.2, 0.25) is 0 Å². The molecule has 0 aromatic heterocycles. The van der Waals surface area contributed by atoms with Crippen LogP contribution in [-0.4, -0.2) is 0 Å². The molecule has 1 N–H and O–H groups in total. The summed E-state index contributed by atoms with van der Waals surface area (Å²) >= 11 is 6.21. The van der Waals surface area contributed by atoms with Crippen molar-refractivity contribution in [3.05, 3.63) is 64.2 Å². The van der Waals surface area contributed by atoms with Crippen molar-refractivity contribution in [2.24, 2.45) is 0 Å². The molecule has 1 unspecified atom stereocenters. The van der Waals surface area contributed by atoms with E-state index in [0.717, 1.165) is 16.3 Å². The third-order valence-electron chi connectivity index (χ3n) is 2.98. The van der Waals surface area contributed by atoms with Crippen molar-refractivity contribution >= 4 is 17.3 Å². The van der Waals surface area contributed by atoms with Crippen LogP contribution in [0.5, 0.6) is 0 Å². The molecule has 94 valence electrons. The maximum atomic E-state index is 6.21. The van der Waals surface area contributed by atoms with Gasteiger partial charge in [0.1, 0.15) is 0 Å². The molecule has 2 rings (SSSR count). The first-order valence-electron chi connectivity index (χ1n) is 6.15. The maximum Gasteiger partial charge on any atom is 0.0500 e. The number of rotatable bonds is 3. The number of anilines is 1. The van der Waals surface area contributed by atoms with Gasteiger partial charge in [-0.05, 0) is 55.7 Å². The average Bonchev–Trinajstić information content (AvgIpc) is 2.27. The van der Waals surface area contributed by atoms with Crippen molar-refractivity contribution in [3.8, 4) is 0 Å². The molecule has 0 spiro atoms. The molecule has 0 aliphatic heterocycles. The van der Waals surface area contributed by atoms with E-state index in [-0.39, 0.29) is 6.04 Å². The van der Waals surface area contributed by atoms with Gasteiger partial charge in [-0.3, -0.25) is 0 Å². The van der Waals surface area contributed by atoms with E-state index in [1.807, 2.05) is 18.2 Å². The van der Waals surface area contributed by atoms with E-state index in [0.29, 0.717) is 0 Å². The Bertz CT molecular complexity index is 528. The third kappa shape index (κ3) is 3.05. The number of aryl methyl sites for hydroxylation is 2. The van der Waals surface area contributed by atoms with Gasteiger partial charge in [-0.15, -0.1) is 0 Å². The molecule has 0 saturated carbocycles. The predicted molar refractivity (Wildman–Crippen MR) is 79.4 cm³/mol. The van der Waals surface area contributed by atoms with Gasteiger partial charge < -0.3 is 5.32 Å². The highest BCUT2D eigenvalue weighted by atomic mass is 35.5. The Morgan fingerprint density at radius 1 is 1.00 bits per heavy atom. The normalized spacial score (nSPS) is 12.2. The summed E-state index contributed by atoms with van der Waals surface area (Å²) in [6.07, 6.45) is 0. The Morgan fingerprint density at radius 3 is 2.22 bits per heavy atom. The van der Waals surface area contributed by atoms with E-state index in [2.05, 4.69) is 50.4 Å². The van der Waals surface area contributed by atoms with E-state index >= 15 is 0 Å². The zero-order valence-corrected chi connectivity index (χ0v) is 11.8. The predicted octanol–water partition coefficient (Wildman–Crippen LogP) is 5.13. The molecule has 1 atom stereocenters. The molecule has 1 nitrogen and oxygen atoms in total. The van der Waals surface area contributed by atoms with Gasteiger partial charge in [-0.25, -0.2) is 0 Å². The molecule has 0 bridgehead atoms. The molecular weight excluding hydrogens is 242 g/mol. The minimum absolute atomic E-state index is 0.194. The minimum Gasteiger partial charge on any atom is -0.378 e. The second kappa shape index (κ2) is 5.45. The van der Waals surface area contributed by atoms with Crippen LogP contribution in [0.2, 0.25) is 5.02 Å². The Balaban J connectivity index is 2.21. The van der Waals surface area contributed by atoms with Gasteiger partial charge >= 0.3 is 0 Å². The van der Waals surface area contributed by atoms with E-state index in [1.54, 1.807) is 0 Å². The Hall–Kier alpha value is -1.47. The van der Waals surface area contributed by atoms with Gasteiger partial charge in [0.05, 0.1) is 0 Å². The molecule has 18 heavy (non-hydrogen) atoms. The van der Waals surface area contributed by atoms with Crippen LogP contribution in [0.25, 0.3) is 0 Å². The molecule has 0 radical (unpaired) electrons. The van der Waals surface area contributed by atoms with Crippen LogP contribution in [0.15, 0.2) is 42.5 Å². The summed E-state index contributed by atoms with van der Waals surface area (Å²) < 4.78 is 0. The fourth-order valence-corrected chi connectivity index (χ4v) is 2.51. The lowest BCUT2D eigenvalue weighted by molar-refractivity contribution is 0.884. The van der Waals surface area contributed by atoms with Crippen LogP contribution >= 0.6 is 11.6 Å². The van der Waals surface area contributed by atoms with Crippen LogP contribution in [0.4, 0.5) is 5.69 Å². The zero-order valence-electron chi connectivity index (χ0n) is 11.0.